The molecule has 0 aromatic heterocycles. The smallest absolute Gasteiger partial charge is 0.307 e. The maximum absolute atomic E-state index is 11.0. The first-order chi connectivity index (χ1) is 6.39. The first-order valence-corrected chi connectivity index (χ1v) is 5.11. The first kappa shape index (κ1) is 13.4. The average molecular weight is 202 g/mol. The van der Waals surface area contributed by atoms with E-state index < -0.39 is 5.97 Å². The normalized spacial score (nSPS) is 14.0. The third kappa shape index (κ3) is 5.22. The van der Waals surface area contributed by atoms with E-state index in [9.17, 15) is 4.79 Å². The van der Waals surface area contributed by atoms with Gasteiger partial charge in [-0.2, -0.15) is 0 Å². The van der Waals surface area contributed by atoms with Gasteiger partial charge in [0.1, 0.15) is 0 Å². The predicted octanol–water partition coefficient (Wildman–Crippen LogP) is 2.55. The van der Waals surface area contributed by atoms with Crippen molar-refractivity contribution in [2.45, 2.75) is 40.0 Å². The second-order valence-electron chi connectivity index (χ2n) is 4.75. The lowest BCUT2D eigenvalue weighted by atomic mass is 9.78. The van der Waals surface area contributed by atoms with Crippen molar-refractivity contribution in [1.29, 1.82) is 0 Å². The second kappa shape index (κ2) is 6.02. The molecule has 1 N–H and O–H groups in total. The highest BCUT2D eigenvalue weighted by atomic mass is 16.5. The van der Waals surface area contributed by atoms with Crippen LogP contribution in [0.3, 0.4) is 0 Å². The van der Waals surface area contributed by atoms with Crippen LogP contribution in [0.25, 0.3) is 0 Å². The summed E-state index contributed by atoms with van der Waals surface area (Å²) in [6.45, 7) is 6.64. The summed E-state index contributed by atoms with van der Waals surface area (Å²) in [6.07, 6.45) is 2.60. The largest absolute Gasteiger partial charge is 0.481 e. The first-order valence-electron chi connectivity index (χ1n) is 5.11. The van der Waals surface area contributed by atoms with E-state index in [2.05, 4.69) is 0 Å². The predicted molar refractivity (Wildman–Crippen MR) is 56.3 cm³/mol. The number of carboxylic acid groups (broad SMARTS) is 1. The molecule has 0 rings (SSSR count). The van der Waals surface area contributed by atoms with E-state index in [1.54, 1.807) is 7.11 Å². The molecule has 0 spiro atoms. The van der Waals surface area contributed by atoms with Crippen LogP contribution in [0.1, 0.15) is 40.0 Å². The molecule has 1 unspecified atom stereocenters. The van der Waals surface area contributed by atoms with Crippen molar-refractivity contribution in [1.82, 2.24) is 0 Å². The Kier molecular flexibility index (Phi) is 5.77. The molecule has 3 heteroatoms. The molecule has 0 fully saturated rings. The maximum atomic E-state index is 11.0. The van der Waals surface area contributed by atoms with Gasteiger partial charge in [-0.05, 0) is 18.3 Å². The number of carboxylic acids is 1. The lowest BCUT2D eigenvalue weighted by molar-refractivity contribution is -0.145. The SMILES string of the molecule is COCCCCC(C(=O)O)C(C)(C)C. The summed E-state index contributed by atoms with van der Waals surface area (Å²) < 4.78 is 4.92. The van der Waals surface area contributed by atoms with Crippen molar-refractivity contribution in [3.05, 3.63) is 0 Å². The Balaban J connectivity index is 3.94. The van der Waals surface area contributed by atoms with E-state index >= 15 is 0 Å². The number of hydrogen-bond donors (Lipinski definition) is 1. The number of carbonyl (C=O) groups is 1. The molecule has 0 aliphatic carbocycles. The number of hydrogen-bond acceptors (Lipinski definition) is 2. The number of ether oxygens (including phenoxy) is 1. The maximum Gasteiger partial charge on any atom is 0.307 e. The van der Waals surface area contributed by atoms with Crippen LogP contribution in [0.5, 0.6) is 0 Å². The van der Waals surface area contributed by atoms with Gasteiger partial charge in [-0.1, -0.05) is 27.2 Å². The molecule has 0 radical (unpaired) electrons. The molecule has 14 heavy (non-hydrogen) atoms. The fourth-order valence-electron chi connectivity index (χ4n) is 1.52. The molecule has 3 nitrogen and oxygen atoms in total. The molecule has 0 aromatic rings. The number of unbranched alkanes of at least 4 members (excludes halogenated alkanes) is 1. The molecule has 0 heterocycles. The fraction of sp³-hybridized carbons (Fsp3) is 0.909. The van der Waals surface area contributed by atoms with Gasteiger partial charge in [-0.25, -0.2) is 0 Å². The van der Waals surface area contributed by atoms with Crippen molar-refractivity contribution in [3.63, 3.8) is 0 Å². The van der Waals surface area contributed by atoms with E-state index in [4.69, 9.17) is 9.84 Å². The molecular formula is C11H22O3. The molecular weight excluding hydrogens is 180 g/mol. The quantitative estimate of drug-likeness (QED) is 0.673. The van der Waals surface area contributed by atoms with Crippen molar-refractivity contribution in [2.24, 2.45) is 11.3 Å². The minimum Gasteiger partial charge on any atom is -0.481 e. The zero-order valence-corrected chi connectivity index (χ0v) is 9.67. The van der Waals surface area contributed by atoms with E-state index in [-0.39, 0.29) is 11.3 Å². The Morgan fingerprint density at radius 3 is 2.29 bits per heavy atom. The van der Waals surface area contributed by atoms with Crippen LogP contribution in [0, 0.1) is 11.3 Å². The van der Waals surface area contributed by atoms with Crippen molar-refractivity contribution in [2.75, 3.05) is 13.7 Å². The molecule has 0 saturated heterocycles. The third-order valence-electron chi connectivity index (χ3n) is 2.43. The highest BCUT2D eigenvalue weighted by Gasteiger charge is 2.30. The van der Waals surface area contributed by atoms with Gasteiger partial charge in [-0.15, -0.1) is 0 Å². The lowest BCUT2D eigenvalue weighted by Crippen LogP contribution is -2.28. The monoisotopic (exact) mass is 202 g/mol. The van der Waals surface area contributed by atoms with Crippen molar-refractivity contribution < 1.29 is 14.6 Å². The van der Waals surface area contributed by atoms with Crippen LogP contribution < -0.4 is 0 Å². The average Bonchev–Trinajstić information content (AvgIpc) is 2.01. The fourth-order valence-corrected chi connectivity index (χ4v) is 1.52. The molecule has 0 bridgehead atoms. The zero-order valence-electron chi connectivity index (χ0n) is 9.67. The Bertz CT molecular complexity index is 170. The Morgan fingerprint density at radius 1 is 1.36 bits per heavy atom. The third-order valence-corrected chi connectivity index (χ3v) is 2.43. The van der Waals surface area contributed by atoms with E-state index in [0.29, 0.717) is 0 Å². The molecule has 0 saturated carbocycles. The summed E-state index contributed by atoms with van der Waals surface area (Å²) in [4.78, 5) is 11.0. The standard InChI is InChI=1S/C11H22O3/c1-11(2,3)9(10(12)13)7-5-6-8-14-4/h9H,5-8H2,1-4H3,(H,12,13). The van der Waals surface area contributed by atoms with Crippen molar-refractivity contribution >= 4 is 5.97 Å². The molecule has 0 aliphatic heterocycles. The van der Waals surface area contributed by atoms with Crippen LogP contribution in [-0.4, -0.2) is 24.8 Å². The van der Waals surface area contributed by atoms with Crippen molar-refractivity contribution in [3.8, 4) is 0 Å². The summed E-state index contributed by atoms with van der Waals surface area (Å²) in [5.74, 6) is -0.936. The highest BCUT2D eigenvalue weighted by molar-refractivity contribution is 5.70. The van der Waals surface area contributed by atoms with Gasteiger partial charge in [-0.3, -0.25) is 4.79 Å². The highest BCUT2D eigenvalue weighted by Crippen LogP contribution is 2.30. The molecule has 1 atom stereocenters. The summed E-state index contributed by atoms with van der Waals surface area (Å²) in [6, 6.07) is 0. The number of methoxy groups -OCH3 is 1. The minimum absolute atomic E-state index is 0.154. The van der Waals surface area contributed by atoms with Gasteiger partial charge >= 0.3 is 5.97 Å². The van der Waals surface area contributed by atoms with Crippen LogP contribution in [0.2, 0.25) is 0 Å². The summed E-state index contributed by atoms with van der Waals surface area (Å²) in [5, 5.41) is 9.03. The van der Waals surface area contributed by atoms with Gasteiger partial charge in [0.05, 0.1) is 5.92 Å². The topological polar surface area (TPSA) is 46.5 Å². The Morgan fingerprint density at radius 2 is 1.93 bits per heavy atom. The molecule has 0 aliphatic rings. The Labute approximate surface area is 86.5 Å². The lowest BCUT2D eigenvalue weighted by Gasteiger charge is -2.26. The zero-order chi connectivity index (χ0) is 11.2. The molecule has 0 amide bonds. The van der Waals surface area contributed by atoms with Gasteiger partial charge < -0.3 is 9.84 Å². The van der Waals surface area contributed by atoms with Crippen LogP contribution in [-0.2, 0) is 9.53 Å². The molecule has 84 valence electrons. The summed E-state index contributed by atoms with van der Waals surface area (Å²) in [7, 11) is 1.67. The molecule has 0 aromatic carbocycles. The minimum atomic E-state index is -0.685. The van der Waals surface area contributed by atoms with Gasteiger partial charge in [0.25, 0.3) is 0 Å². The van der Waals surface area contributed by atoms with E-state index in [1.807, 2.05) is 20.8 Å². The summed E-state index contributed by atoms with van der Waals surface area (Å²) >= 11 is 0. The van der Waals surface area contributed by atoms with Gasteiger partial charge in [0, 0.05) is 13.7 Å². The van der Waals surface area contributed by atoms with E-state index in [1.165, 1.54) is 0 Å². The van der Waals surface area contributed by atoms with Gasteiger partial charge in [0.2, 0.25) is 0 Å². The van der Waals surface area contributed by atoms with Crippen LogP contribution in [0.15, 0.2) is 0 Å². The van der Waals surface area contributed by atoms with Gasteiger partial charge in [0.15, 0.2) is 0 Å². The van der Waals surface area contributed by atoms with E-state index in [0.717, 1.165) is 25.9 Å². The number of rotatable bonds is 6. The second-order valence-corrected chi connectivity index (χ2v) is 4.75. The van der Waals surface area contributed by atoms with Crippen LogP contribution in [0.4, 0.5) is 0 Å². The van der Waals surface area contributed by atoms with Crippen LogP contribution >= 0.6 is 0 Å². The summed E-state index contributed by atoms with van der Waals surface area (Å²) in [5.41, 5.74) is -0.154. The Hall–Kier alpha value is -0.570. The number of aliphatic carboxylic acids is 1.